The van der Waals surface area contributed by atoms with Gasteiger partial charge in [0.15, 0.2) is 0 Å². The topological polar surface area (TPSA) is 93.8 Å². The summed E-state index contributed by atoms with van der Waals surface area (Å²) in [5, 5.41) is 15.0. The summed E-state index contributed by atoms with van der Waals surface area (Å²) in [7, 11) is 1.85. The van der Waals surface area contributed by atoms with Gasteiger partial charge in [0.2, 0.25) is 5.91 Å². The summed E-state index contributed by atoms with van der Waals surface area (Å²) >= 11 is 12.3. The highest BCUT2D eigenvalue weighted by atomic mass is 35.5. The van der Waals surface area contributed by atoms with Crippen molar-refractivity contribution >= 4 is 29.1 Å². The smallest absolute Gasteiger partial charge is 0.272 e. The normalized spacial score (nSPS) is 11.0. The summed E-state index contributed by atoms with van der Waals surface area (Å²) in [5.74, 6) is -0.310. The van der Waals surface area contributed by atoms with Crippen molar-refractivity contribution in [2.45, 2.75) is 39.5 Å². The second-order valence-electron chi connectivity index (χ2n) is 7.18. The molecule has 0 aliphatic carbocycles. The van der Waals surface area contributed by atoms with Crippen LogP contribution in [-0.4, -0.2) is 32.5 Å². The van der Waals surface area contributed by atoms with Gasteiger partial charge in [-0.2, -0.15) is 10.2 Å². The third kappa shape index (κ3) is 6.16. The molecule has 0 atom stereocenters. The van der Waals surface area contributed by atoms with Crippen LogP contribution >= 0.6 is 23.2 Å². The van der Waals surface area contributed by atoms with E-state index in [0.29, 0.717) is 31.2 Å². The van der Waals surface area contributed by atoms with Crippen LogP contribution in [0.4, 0.5) is 0 Å². The Labute approximate surface area is 190 Å². The lowest BCUT2D eigenvalue weighted by atomic mass is 10.1. The highest BCUT2D eigenvalue weighted by molar-refractivity contribution is 6.31. The Morgan fingerprint density at radius 2 is 1.90 bits per heavy atom. The number of rotatable bonds is 9. The van der Waals surface area contributed by atoms with Crippen LogP contribution in [0.3, 0.4) is 0 Å². The number of hydrogen-bond donors (Lipinski definition) is 2. The molecule has 0 radical (unpaired) electrons. The summed E-state index contributed by atoms with van der Waals surface area (Å²) in [6.45, 7) is 3.70. The summed E-state index contributed by atoms with van der Waals surface area (Å²) in [5.41, 5.74) is 2.80. The third-order valence-electron chi connectivity index (χ3n) is 4.74. The van der Waals surface area contributed by atoms with E-state index in [1.165, 1.54) is 10.9 Å². The number of nitrogens with one attached hydrogen (secondary N) is 2. The van der Waals surface area contributed by atoms with Gasteiger partial charge < -0.3 is 10.6 Å². The predicted molar refractivity (Wildman–Crippen MR) is 120 cm³/mol. The molecule has 31 heavy (non-hydrogen) atoms. The standard InChI is InChI=1S/C21H24Cl2N6O2/c1-14-9-26-28(13-14)5-6-29-21(31)18(19(23)12-27-29)8-20(30)25-11-16-7-17(22)4-3-15(16)10-24-2/h3-4,7,9,12-13,24H,5-6,8,10-11H2,1-2H3,(H,25,30). The minimum Gasteiger partial charge on any atom is -0.352 e. The Morgan fingerprint density at radius 1 is 1.10 bits per heavy atom. The lowest BCUT2D eigenvalue weighted by Crippen LogP contribution is -2.32. The van der Waals surface area contributed by atoms with E-state index >= 15 is 0 Å². The first-order valence-corrected chi connectivity index (χ1v) is 10.5. The molecule has 0 unspecified atom stereocenters. The maximum absolute atomic E-state index is 12.8. The number of halogens is 2. The van der Waals surface area contributed by atoms with Crippen molar-refractivity contribution in [3.8, 4) is 0 Å². The predicted octanol–water partition coefficient (Wildman–Crippen LogP) is 2.33. The Balaban J connectivity index is 1.67. The van der Waals surface area contributed by atoms with Crippen molar-refractivity contribution in [2.24, 2.45) is 0 Å². The zero-order chi connectivity index (χ0) is 22.4. The van der Waals surface area contributed by atoms with Gasteiger partial charge >= 0.3 is 0 Å². The molecule has 1 aromatic carbocycles. The van der Waals surface area contributed by atoms with Crippen molar-refractivity contribution < 1.29 is 4.79 Å². The quantitative estimate of drug-likeness (QED) is 0.508. The molecular formula is C21H24Cl2N6O2. The van der Waals surface area contributed by atoms with Crippen molar-refractivity contribution in [2.75, 3.05) is 7.05 Å². The molecule has 0 aliphatic heterocycles. The molecule has 8 nitrogen and oxygen atoms in total. The zero-order valence-electron chi connectivity index (χ0n) is 17.4. The molecule has 2 aromatic heterocycles. The van der Waals surface area contributed by atoms with Gasteiger partial charge in [0.1, 0.15) is 0 Å². The lowest BCUT2D eigenvalue weighted by molar-refractivity contribution is -0.120. The molecule has 0 saturated heterocycles. The second-order valence-corrected chi connectivity index (χ2v) is 8.02. The van der Waals surface area contributed by atoms with Gasteiger partial charge in [0.25, 0.3) is 5.56 Å². The van der Waals surface area contributed by atoms with E-state index in [0.717, 1.165) is 16.7 Å². The van der Waals surface area contributed by atoms with Gasteiger partial charge in [-0.3, -0.25) is 14.3 Å². The molecule has 2 N–H and O–H groups in total. The van der Waals surface area contributed by atoms with Crippen LogP contribution in [-0.2, 0) is 37.4 Å². The number of aryl methyl sites for hydroxylation is 3. The lowest BCUT2D eigenvalue weighted by Gasteiger charge is -2.12. The second kappa shape index (κ2) is 10.6. The summed E-state index contributed by atoms with van der Waals surface area (Å²) in [4.78, 5) is 25.3. The molecule has 3 rings (SSSR count). The SMILES string of the molecule is CNCc1ccc(Cl)cc1CNC(=O)Cc1c(Cl)cnn(CCn2cc(C)cn2)c1=O. The molecule has 0 aliphatic rings. The number of aromatic nitrogens is 4. The molecule has 164 valence electrons. The minimum atomic E-state index is -0.384. The molecular weight excluding hydrogens is 439 g/mol. The molecule has 10 heteroatoms. The maximum Gasteiger partial charge on any atom is 0.272 e. The fraction of sp³-hybridized carbons (Fsp3) is 0.333. The van der Waals surface area contributed by atoms with Gasteiger partial charge in [-0.05, 0) is 42.8 Å². The van der Waals surface area contributed by atoms with Gasteiger partial charge in [0.05, 0.1) is 36.9 Å². The highest BCUT2D eigenvalue weighted by Gasteiger charge is 2.15. The largest absolute Gasteiger partial charge is 0.352 e. The van der Waals surface area contributed by atoms with Crippen molar-refractivity contribution in [1.82, 2.24) is 30.2 Å². The Bertz CT molecular complexity index is 1130. The van der Waals surface area contributed by atoms with E-state index in [2.05, 4.69) is 20.8 Å². The van der Waals surface area contributed by atoms with E-state index in [1.807, 2.05) is 38.4 Å². The maximum atomic E-state index is 12.8. The molecule has 2 heterocycles. The van der Waals surface area contributed by atoms with E-state index in [4.69, 9.17) is 23.2 Å². The van der Waals surface area contributed by atoms with Gasteiger partial charge in [0, 0.05) is 29.9 Å². The van der Waals surface area contributed by atoms with E-state index in [-0.39, 0.29) is 28.5 Å². The number of carbonyl (C=O) groups is 1. The molecule has 0 spiro atoms. The van der Waals surface area contributed by atoms with Gasteiger partial charge in [-0.25, -0.2) is 4.68 Å². The first-order chi connectivity index (χ1) is 14.9. The average molecular weight is 463 g/mol. The first kappa shape index (κ1) is 23.0. The van der Waals surface area contributed by atoms with Crippen LogP contribution in [0.2, 0.25) is 10.0 Å². The fourth-order valence-electron chi connectivity index (χ4n) is 3.15. The first-order valence-electron chi connectivity index (χ1n) is 9.79. The molecule has 0 fully saturated rings. The van der Waals surface area contributed by atoms with Crippen LogP contribution in [0.25, 0.3) is 0 Å². The number of hydrogen-bond acceptors (Lipinski definition) is 5. The van der Waals surface area contributed by atoms with Crippen LogP contribution < -0.4 is 16.2 Å². The Kier molecular flexibility index (Phi) is 7.84. The van der Waals surface area contributed by atoms with E-state index in [9.17, 15) is 9.59 Å². The minimum absolute atomic E-state index is 0.136. The number of amides is 1. The van der Waals surface area contributed by atoms with Crippen LogP contribution in [0.15, 0.2) is 41.6 Å². The Hall–Kier alpha value is -2.68. The Morgan fingerprint density at radius 3 is 2.61 bits per heavy atom. The van der Waals surface area contributed by atoms with Gasteiger partial charge in [-0.15, -0.1) is 0 Å². The summed E-state index contributed by atoms with van der Waals surface area (Å²) in [6.07, 6.45) is 4.88. The number of nitrogens with zero attached hydrogens (tertiary/aromatic N) is 4. The van der Waals surface area contributed by atoms with E-state index < -0.39 is 0 Å². The number of benzene rings is 1. The van der Waals surface area contributed by atoms with Crippen molar-refractivity contribution in [1.29, 1.82) is 0 Å². The van der Waals surface area contributed by atoms with Gasteiger partial charge in [-0.1, -0.05) is 29.3 Å². The average Bonchev–Trinajstić information content (AvgIpc) is 3.16. The monoisotopic (exact) mass is 462 g/mol. The third-order valence-corrected chi connectivity index (χ3v) is 5.30. The van der Waals surface area contributed by atoms with Crippen molar-refractivity contribution in [3.05, 3.63) is 79.4 Å². The molecule has 0 saturated carbocycles. The van der Waals surface area contributed by atoms with E-state index in [1.54, 1.807) is 10.9 Å². The van der Waals surface area contributed by atoms with Crippen LogP contribution in [0, 0.1) is 6.92 Å². The van der Waals surface area contributed by atoms with Crippen molar-refractivity contribution in [3.63, 3.8) is 0 Å². The van der Waals surface area contributed by atoms with Crippen LogP contribution in [0.1, 0.15) is 22.3 Å². The number of carbonyl (C=O) groups excluding carboxylic acids is 1. The molecule has 1 amide bonds. The summed E-state index contributed by atoms with van der Waals surface area (Å²) in [6, 6.07) is 5.54. The highest BCUT2D eigenvalue weighted by Crippen LogP contribution is 2.16. The zero-order valence-corrected chi connectivity index (χ0v) is 18.9. The van der Waals surface area contributed by atoms with Crippen LogP contribution in [0.5, 0.6) is 0 Å². The summed E-state index contributed by atoms with van der Waals surface area (Å²) < 4.78 is 3.03. The molecule has 0 bridgehead atoms. The molecule has 3 aromatic rings. The fourth-order valence-corrected chi connectivity index (χ4v) is 3.54.